The first-order valence-corrected chi connectivity index (χ1v) is 6.43. The van der Waals surface area contributed by atoms with E-state index in [0.29, 0.717) is 23.6 Å². The molecule has 1 aliphatic rings. The molecule has 5 nitrogen and oxygen atoms in total. The molecule has 5 heteroatoms. The van der Waals surface area contributed by atoms with E-state index < -0.39 is 0 Å². The third-order valence-corrected chi connectivity index (χ3v) is 3.26. The van der Waals surface area contributed by atoms with Crippen molar-refractivity contribution in [2.75, 3.05) is 18.0 Å². The predicted molar refractivity (Wildman–Crippen MR) is 70.3 cm³/mol. The van der Waals surface area contributed by atoms with E-state index in [1.165, 1.54) is 12.8 Å². The molecule has 0 saturated carbocycles. The van der Waals surface area contributed by atoms with Gasteiger partial charge in [0.05, 0.1) is 0 Å². The van der Waals surface area contributed by atoms with Crippen molar-refractivity contribution in [2.24, 2.45) is 0 Å². The highest BCUT2D eigenvalue weighted by Crippen LogP contribution is 2.19. The van der Waals surface area contributed by atoms with E-state index >= 15 is 0 Å². The summed E-state index contributed by atoms with van der Waals surface area (Å²) in [6.45, 7) is 6.20. The molecule has 1 aliphatic heterocycles. The summed E-state index contributed by atoms with van der Waals surface area (Å²) in [6, 6.07) is 2.91. The largest absolute Gasteiger partial charge is 0.350 e. The molecule has 1 aromatic rings. The van der Waals surface area contributed by atoms with Crippen LogP contribution in [0.25, 0.3) is 0 Å². The highest BCUT2D eigenvalue weighted by atomic mass is 15.2. The summed E-state index contributed by atoms with van der Waals surface area (Å²) in [5.41, 5.74) is 0.407. The first-order valence-electron chi connectivity index (χ1n) is 6.43. The van der Waals surface area contributed by atoms with E-state index in [-0.39, 0.29) is 0 Å². The third kappa shape index (κ3) is 2.77. The van der Waals surface area contributed by atoms with Gasteiger partial charge < -0.3 is 10.2 Å². The Hall–Kier alpha value is -1.67. The van der Waals surface area contributed by atoms with Gasteiger partial charge in [0.25, 0.3) is 0 Å². The maximum absolute atomic E-state index is 9.12. The van der Waals surface area contributed by atoms with E-state index in [2.05, 4.69) is 40.1 Å². The molecular weight excluding hydrogens is 226 g/mol. The van der Waals surface area contributed by atoms with Crippen LogP contribution in [-0.4, -0.2) is 35.1 Å². The molecule has 0 amide bonds. The number of hydrogen-bond acceptors (Lipinski definition) is 5. The van der Waals surface area contributed by atoms with Crippen LogP contribution in [0.1, 0.15) is 32.4 Å². The lowest BCUT2D eigenvalue weighted by Gasteiger charge is -2.30. The molecule has 2 rings (SSSR count). The zero-order chi connectivity index (χ0) is 13.0. The molecule has 18 heavy (non-hydrogen) atoms. The Balaban J connectivity index is 2.21. The first-order chi connectivity index (χ1) is 8.72. The molecule has 1 saturated heterocycles. The molecular formula is C13H19N5. The van der Waals surface area contributed by atoms with E-state index in [0.717, 1.165) is 13.1 Å². The molecule has 0 radical (unpaired) electrons. The molecule has 1 N–H and O–H groups in total. The zero-order valence-corrected chi connectivity index (χ0v) is 10.9. The lowest BCUT2D eigenvalue weighted by atomic mass is 10.2. The van der Waals surface area contributed by atoms with Crippen LogP contribution in [0.2, 0.25) is 0 Å². The fraction of sp³-hybridized carbons (Fsp3) is 0.615. The van der Waals surface area contributed by atoms with Gasteiger partial charge in [0.2, 0.25) is 0 Å². The maximum Gasteiger partial charge on any atom is 0.183 e. The fourth-order valence-electron chi connectivity index (χ4n) is 2.31. The van der Waals surface area contributed by atoms with Crippen molar-refractivity contribution in [3.8, 4) is 6.07 Å². The van der Waals surface area contributed by atoms with Gasteiger partial charge in [-0.25, -0.2) is 9.97 Å². The number of aromatic nitrogens is 2. The van der Waals surface area contributed by atoms with Crippen molar-refractivity contribution in [3.63, 3.8) is 0 Å². The number of anilines is 1. The molecule has 0 aliphatic carbocycles. The zero-order valence-electron chi connectivity index (χ0n) is 10.9. The van der Waals surface area contributed by atoms with Crippen LogP contribution in [0.15, 0.2) is 12.4 Å². The minimum absolute atomic E-state index is 0.302. The van der Waals surface area contributed by atoms with Gasteiger partial charge in [0.1, 0.15) is 6.07 Å². The molecule has 0 aromatic carbocycles. The summed E-state index contributed by atoms with van der Waals surface area (Å²) < 4.78 is 0. The van der Waals surface area contributed by atoms with Gasteiger partial charge in [-0.3, -0.25) is 0 Å². The maximum atomic E-state index is 9.12. The second-order valence-corrected chi connectivity index (χ2v) is 4.88. The highest BCUT2D eigenvalue weighted by Gasteiger charge is 2.22. The van der Waals surface area contributed by atoms with Gasteiger partial charge in [0.15, 0.2) is 11.5 Å². The summed E-state index contributed by atoms with van der Waals surface area (Å²) in [6.07, 6.45) is 5.62. The fourth-order valence-corrected chi connectivity index (χ4v) is 2.31. The molecule has 0 bridgehead atoms. The summed E-state index contributed by atoms with van der Waals surface area (Å²) in [5.74, 6) is 0.698. The second kappa shape index (κ2) is 5.78. The average molecular weight is 245 g/mol. The Morgan fingerprint density at radius 1 is 1.50 bits per heavy atom. The van der Waals surface area contributed by atoms with E-state index in [1.807, 2.05) is 0 Å². The number of hydrogen-bond donors (Lipinski definition) is 1. The Labute approximate surface area is 108 Å². The Morgan fingerprint density at radius 2 is 2.28 bits per heavy atom. The lowest BCUT2D eigenvalue weighted by molar-refractivity contribution is 0.548. The third-order valence-electron chi connectivity index (χ3n) is 3.26. The normalized spacial score (nSPS) is 18.9. The monoisotopic (exact) mass is 245 g/mol. The van der Waals surface area contributed by atoms with Crippen molar-refractivity contribution in [1.29, 1.82) is 5.26 Å². The topological polar surface area (TPSA) is 64.8 Å². The molecule has 1 atom stereocenters. The van der Waals surface area contributed by atoms with Crippen LogP contribution in [0.4, 0.5) is 5.82 Å². The Morgan fingerprint density at radius 3 is 2.89 bits per heavy atom. The van der Waals surface area contributed by atoms with Gasteiger partial charge in [-0.1, -0.05) is 0 Å². The Bertz CT molecular complexity index is 431. The van der Waals surface area contributed by atoms with Crippen molar-refractivity contribution in [3.05, 3.63) is 18.1 Å². The van der Waals surface area contributed by atoms with Crippen molar-refractivity contribution >= 4 is 5.82 Å². The molecule has 1 fully saturated rings. The van der Waals surface area contributed by atoms with Crippen LogP contribution < -0.4 is 10.2 Å². The predicted octanol–water partition coefficient (Wildman–Crippen LogP) is 1.32. The minimum Gasteiger partial charge on any atom is -0.350 e. The van der Waals surface area contributed by atoms with Crippen LogP contribution in [-0.2, 0) is 0 Å². The Kier molecular flexibility index (Phi) is 4.11. The summed E-state index contributed by atoms with van der Waals surface area (Å²) in [7, 11) is 0. The molecule has 1 aromatic heterocycles. The van der Waals surface area contributed by atoms with Crippen molar-refractivity contribution in [2.45, 2.75) is 38.8 Å². The summed E-state index contributed by atoms with van der Waals surface area (Å²) in [4.78, 5) is 10.6. The van der Waals surface area contributed by atoms with Crippen LogP contribution in [0, 0.1) is 11.3 Å². The van der Waals surface area contributed by atoms with Crippen molar-refractivity contribution < 1.29 is 0 Å². The lowest BCUT2D eigenvalue weighted by Crippen LogP contribution is -2.42. The number of nitrogens with zero attached hydrogens (tertiary/aromatic N) is 4. The van der Waals surface area contributed by atoms with E-state index in [9.17, 15) is 0 Å². The van der Waals surface area contributed by atoms with Gasteiger partial charge in [-0.2, -0.15) is 5.26 Å². The van der Waals surface area contributed by atoms with Gasteiger partial charge in [0, 0.05) is 31.0 Å². The second-order valence-electron chi connectivity index (χ2n) is 4.88. The summed E-state index contributed by atoms with van der Waals surface area (Å²) in [5, 5.41) is 12.6. The molecule has 0 spiro atoms. The van der Waals surface area contributed by atoms with Gasteiger partial charge in [-0.05, 0) is 33.2 Å². The highest BCUT2D eigenvalue weighted by molar-refractivity contribution is 5.50. The quantitative estimate of drug-likeness (QED) is 0.866. The van der Waals surface area contributed by atoms with E-state index in [4.69, 9.17) is 5.26 Å². The standard InChI is InChI=1S/C13H19N5/c1-10(2)18(9-11-4-3-5-15-11)13-12(8-14)16-6-7-17-13/h6-7,10-11,15H,3-5,9H2,1-2H3. The molecule has 96 valence electrons. The van der Waals surface area contributed by atoms with Crippen molar-refractivity contribution in [1.82, 2.24) is 15.3 Å². The summed E-state index contributed by atoms with van der Waals surface area (Å²) >= 11 is 0. The minimum atomic E-state index is 0.302. The van der Waals surface area contributed by atoms with Gasteiger partial charge in [-0.15, -0.1) is 0 Å². The van der Waals surface area contributed by atoms with E-state index in [1.54, 1.807) is 12.4 Å². The number of rotatable bonds is 4. The smallest absolute Gasteiger partial charge is 0.183 e. The van der Waals surface area contributed by atoms with Crippen LogP contribution >= 0.6 is 0 Å². The first kappa shape index (κ1) is 12.8. The number of nitrogens with one attached hydrogen (secondary N) is 1. The SMILES string of the molecule is CC(C)N(CC1CCCN1)c1nccnc1C#N. The average Bonchev–Trinajstić information content (AvgIpc) is 2.88. The molecule has 1 unspecified atom stereocenters. The van der Waals surface area contributed by atoms with Crippen LogP contribution in [0.3, 0.4) is 0 Å². The van der Waals surface area contributed by atoms with Crippen LogP contribution in [0.5, 0.6) is 0 Å². The van der Waals surface area contributed by atoms with Gasteiger partial charge >= 0.3 is 0 Å². The number of nitriles is 1. The molecule has 2 heterocycles.